The zero-order valence-corrected chi connectivity index (χ0v) is 17.2. The van der Waals surface area contributed by atoms with E-state index in [1.54, 1.807) is 30.2 Å². The lowest BCUT2D eigenvalue weighted by Gasteiger charge is -2.36. The SMILES string of the molecule is C/C(N)=C/c1cc(NC(=O)N2CCc3c(N4CCNC5(CC5)C4)ccnc32)ccn1. The Balaban J connectivity index is 1.35. The highest BCUT2D eigenvalue weighted by Crippen LogP contribution is 2.41. The Morgan fingerprint density at radius 2 is 2.10 bits per heavy atom. The van der Waals surface area contributed by atoms with Crippen LogP contribution in [0.5, 0.6) is 0 Å². The van der Waals surface area contributed by atoms with Gasteiger partial charge in [0.05, 0.1) is 5.69 Å². The van der Waals surface area contributed by atoms with Crippen molar-refractivity contribution < 1.29 is 4.79 Å². The van der Waals surface area contributed by atoms with Gasteiger partial charge in [0.25, 0.3) is 0 Å². The lowest BCUT2D eigenvalue weighted by Crippen LogP contribution is -2.52. The number of nitrogens with zero attached hydrogens (tertiary/aromatic N) is 4. The van der Waals surface area contributed by atoms with E-state index >= 15 is 0 Å². The summed E-state index contributed by atoms with van der Waals surface area (Å²) in [6, 6.07) is 5.50. The number of aromatic nitrogens is 2. The zero-order chi connectivity index (χ0) is 20.7. The predicted octanol–water partition coefficient (Wildman–Crippen LogP) is 2.33. The van der Waals surface area contributed by atoms with Crippen molar-refractivity contribution in [2.24, 2.45) is 5.73 Å². The number of piperazine rings is 1. The first-order valence-corrected chi connectivity index (χ1v) is 10.5. The van der Waals surface area contributed by atoms with Crippen LogP contribution in [0.2, 0.25) is 0 Å². The lowest BCUT2D eigenvalue weighted by molar-refractivity contribution is 0.257. The standard InChI is InChI=1S/C22H27N7O/c1-15(23)12-17-13-16(2-7-24-17)27-21(30)29-10-4-18-19(3-8-25-20(18)29)28-11-9-26-22(14-28)5-6-22/h2-3,7-8,12-13,26H,4-6,9-11,14,23H2,1H3,(H,24,27,30)/b15-12-. The van der Waals surface area contributed by atoms with Gasteiger partial charge in [0.15, 0.2) is 0 Å². The number of pyridine rings is 2. The van der Waals surface area contributed by atoms with Gasteiger partial charge in [-0.05, 0) is 50.5 Å². The average Bonchev–Trinajstić information content (AvgIpc) is 3.31. The second-order valence-electron chi connectivity index (χ2n) is 8.45. The highest BCUT2D eigenvalue weighted by Gasteiger charge is 2.46. The Kier molecular flexibility index (Phi) is 4.58. The molecular weight excluding hydrogens is 378 g/mol. The highest BCUT2D eigenvalue weighted by atomic mass is 16.2. The minimum atomic E-state index is -0.178. The summed E-state index contributed by atoms with van der Waals surface area (Å²) in [5.74, 6) is 0.764. The molecule has 4 heterocycles. The maximum atomic E-state index is 13.0. The van der Waals surface area contributed by atoms with Gasteiger partial charge in [-0.15, -0.1) is 0 Å². The van der Waals surface area contributed by atoms with Crippen molar-refractivity contribution >= 4 is 29.3 Å². The molecule has 1 aliphatic carbocycles. The van der Waals surface area contributed by atoms with Crippen molar-refractivity contribution in [2.45, 2.75) is 31.7 Å². The van der Waals surface area contributed by atoms with Gasteiger partial charge >= 0.3 is 6.03 Å². The van der Waals surface area contributed by atoms with E-state index in [4.69, 9.17) is 5.73 Å². The molecular formula is C22H27N7O. The van der Waals surface area contributed by atoms with Gasteiger partial charge in [0.2, 0.25) is 0 Å². The van der Waals surface area contributed by atoms with E-state index in [9.17, 15) is 4.79 Å². The van der Waals surface area contributed by atoms with Crippen LogP contribution in [0.25, 0.3) is 6.08 Å². The van der Waals surface area contributed by atoms with Crippen molar-refractivity contribution in [3.05, 3.63) is 47.5 Å². The molecule has 3 aliphatic rings. The molecule has 8 heteroatoms. The molecule has 1 saturated carbocycles. The molecule has 2 aliphatic heterocycles. The highest BCUT2D eigenvalue weighted by molar-refractivity contribution is 6.03. The molecule has 2 aromatic heterocycles. The van der Waals surface area contributed by atoms with E-state index in [-0.39, 0.29) is 6.03 Å². The Labute approximate surface area is 176 Å². The molecule has 0 aromatic carbocycles. The first-order valence-electron chi connectivity index (χ1n) is 10.5. The van der Waals surface area contributed by atoms with E-state index in [1.807, 2.05) is 12.3 Å². The smallest absolute Gasteiger partial charge is 0.327 e. The van der Waals surface area contributed by atoms with E-state index in [2.05, 4.69) is 31.6 Å². The maximum absolute atomic E-state index is 13.0. The van der Waals surface area contributed by atoms with Crippen LogP contribution in [0.1, 0.15) is 31.0 Å². The normalized spacial score (nSPS) is 19.7. The number of allylic oxidation sites excluding steroid dienone is 1. The number of carbonyl (C=O) groups excluding carboxylic acids is 1. The zero-order valence-electron chi connectivity index (χ0n) is 17.2. The largest absolute Gasteiger partial charge is 0.402 e. The number of carbonyl (C=O) groups is 1. The summed E-state index contributed by atoms with van der Waals surface area (Å²) in [4.78, 5) is 26.0. The summed E-state index contributed by atoms with van der Waals surface area (Å²) in [5.41, 5.74) is 10.5. The molecule has 0 unspecified atom stereocenters. The minimum Gasteiger partial charge on any atom is -0.402 e. The number of nitrogens with two attached hydrogens (primary N) is 1. The van der Waals surface area contributed by atoms with Crippen LogP contribution in [0.4, 0.5) is 22.0 Å². The first kappa shape index (κ1) is 18.9. The Bertz CT molecular complexity index is 1010. The van der Waals surface area contributed by atoms with Gasteiger partial charge in [0.1, 0.15) is 5.82 Å². The molecule has 0 bridgehead atoms. The van der Waals surface area contributed by atoms with Crippen LogP contribution in [-0.4, -0.2) is 47.7 Å². The Hall–Kier alpha value is -3.13. The fraction of sp³-hybridized carbons (Fsp3) is 0.409. The predicted molar refractivity (Wildman–Crippen MR) is 119 cm³/mol. The van der Waals surface area contributed by atoms with Gasteiger partial charge in [-0.3, -0.25) is 9.88 Å². The number of anilines is 3. The van der Waals surface area contributed by atoms with Crippen molar-refractivity contribution in [3.63, 3.8) is 0 Å². The topological polar surface area (TPSA) is 99.4 Å². The first-order chi connectivity index (χ1) is 14.5. The van der Waals surface area contributed by atoms with Crippen molar-refractivity contribution in [1.82, 2.24) is 15.3 Å². The van der Waals surface area contributed by atoms with Crippen LogP contribution in [-0.2, 0) is 6.42 Å². The Morgan fingerprint density at radius 3 is 2.90 bits per heavy atom. The fourth-order valence-corrected chi connectivity index (χ4v) is 4.44. The van der Waals surface area contributed by atoms with E-state index in [0.717, 1.165) is 31.9 Å². The summed E-state index contributed by atoms with van der Waals surface area (Å²) in [6.45, 7) is 5.45. The quantitative estimate of drug-likeness (QED) is 0.725. The molecule has 5 rings (SSSR count). The fourth-order valence-electron chi connectivity index (χ4n) is 4.44. The summed E-state index contributed by atoms with van der Waals surface area (Å²) < 4.78 is 0. The summed E-state index contributed by atoms with van der Waals surface area (Å²) in [7, 11) is 0. The monoisotopic (exact) mass is 405 g/mol. The molecule has 0 atom stereocenters. The van der Waals surface area contributed by atoms with E-state index in [1.165, 1.54) is 24.1 Å². The second kappa shape index (κ2) is 7.28. The van der Waals surface area contributed by atoms with Gasteiger partial charge in [-0.1, -0.05) is 0 Å². The molecule has 2 fully saturated rings. The minimum absolute atomic E-state index is 0.178. The third-order valence-electron chi connectivity index (χ3n) is 6.07. The molecule has 1 saturated heterocycles. The average molecular weight is 406 g/mol. The molecule has 2 amide bonds. The third kappa shape index (κ3) is 3.59. The van der Waals surface area contributed by atoms with Gasteiger partial charge in [0, 0.05) is 66.7 Å². The van der Waals surface area contributed by atoms with Crippen LogP contribution in [0.15, 0.2) is 36.3 Å². The Morgan fingerprint density at radius 1 is 1.27 bits per heavy atom. The van der Waals surface area contributed by atoms with E-state index in [0.29, 0.717) is 29.2 Å². The molecule has 156 valence electrons. The van der Waals surface area contributed by atoms with Crippen molar-refractivity contribution in [1.29, 1.82) is 0 Å². The maximum Gasteiger partial charge on any atom is 0.327 e. The molecule has 2 aromatic rings. The third-order valence-corrected chi connectivity index (χ3v) is 6.07. The van der Waals surface area contributed by atoms with Gasteiger partial charge in [-0.2, -0.15) is 0 Å². The molecule has 0 radical (unpaired) electrons. The van der Waals surface area contributed by atoms with Crippen LogP contribution >= 0.6 is 0 Å². The molecule has 1 spiro atoms. The van der Waals surface area contributed by atoms with Gasteiger partial charge < -0.3 is 21.3 Å². The number of urea groups is 1. The lowest BCUT2D eigenvalue weighted by atomic mass is 10.1. The number of rotatable bonds is 3. The van der Waals surface area contributed by atoms with Crippen molar-refractivity contribution in [3.8, 4) is 0 Å². The van der Waals surface area contributed by atoms with E-state index < -0.39 is 0 Å². The molecule has 4 N–H and O–H groups in total. The number of hydrogen-bond donors (Lipinski definition) is 3. The van der Waals surface area contributed by atoms with Crippen LogP contribution in [0, 0.1) is 0 Å². The number of nitrogens with one attached hydrogen (secondary N) is 2. The number of hydrogen-bond acceptors (Lipinski definition) is 6. The molecule has 30 heavy (non-hydrogen) atoms. The second-order valence-corrected chi connectivity index (χ2v) is 8.45. The summed E-state index contributed by atoms with van der Waals surface area (Å²) in [5, 5.41) is 6.63. The van der Waals surface area contributed by atoms with Crippen LogP contribution < -0.4 is 26.2 Å². The van der Waals surface area contributed by atoms with Gasteiger partial charge in [-0.25, -0.2) is 9.78 Å². The van der Waals surface area contributed by atoms with Crippen molar-refractivity contribution in [2.75, 3.05) is 41.3 Å². The summed E-state index contributed by atoms with van der Waals surface area (Å²) in [6.07, 6.45) is 8.57. The number of fused-ring (bicyclic) bond motifs is 1. The van der Waals surface area contributed by atoms with Crippen LogP contribution in [0.3, 0.4) is 0 Å². The summed E-state index contributed by atoms with van der Waals surface area (Å²) >= 11 is 0. The number of amides is 2. The molecule has 8 nitrogen and oxygen atoms in total.